The molecule has 7 nitrogen and oxygen atoms in total. The second kappa shape index (κ2) is 9.54. The van der Waals surface area contributed by atoms with Crippen LogP contribution in [0.2, 0.25) is 5.02 Å². The molecule has 8 heteroatoms. The number of nitrogens with zero attached hydrogens (tertiary/aromatic N) is 3. The molecule has 1 heterocycles. The number of halogens is 1. The number of likely N-dealkylation sites (N-methyl/N-ethyl adjacent to an activating group) is 1. The number of nitrogens with one attached hydrogen (secondary N) is 1. The van der Waals surface area contributed by atoms with Crippen molar-refractivity contribution in [2.45, 2.75) is 26.8 Å². The maximum Gasteiger partial charge on any atom is 0.275 e. The van der Waals surface area contributed by atoms with E-state index in [0.29, 0.717) is 40.3 Å². The summed E-state index contributed by atoms with van der Waals surface area (Å²) in [5.41, 5.74) is 0.660. The van der Waals surface area contributed by atoms with Crippen molar-refractivity contribution in [2.75, 3.05) is 18.4 Å². The highest BCUT2D eigenvalue weighted by molar-refractivity contribution is 6.30. The number of aromatic nitrogens is 2. The van der Waals surface area contributed by atoms with Crippen molar-refractivity contribution in [3.8, 4) is 0 Å². The largest absolute Gasteiger partial charge is 0.343 e. The molecule has 2 amide bonds. The Balaban J connectivity index is 1.91. The van der Waals surface area contributed by atoms with Crippen LogP contribution in [0.4, 0.5) is 5.69 Å². The van der Waals surface area contributed by atoms with Crippen LogP contribution in [0.3, 0.4) is 0 Å². The zero-order valence-electron chi connectivity index (χ0n) is 16.9. The molecular formula is C22H23ClN4O3. The molecule has 0 bridgehead atoms. The molecule has 0 aliphatic rings. The van der Waals surface area contributed by atoms with Gasteiger partial charge >= 0.3 is 0 Å². The number of benzene rings is 2. The predicted molar refractivity (Wildman–Crippen MR) is 118 cm³/mol. The van der Waals surface area contributed by atoms with Gasteiger partial charge in [-0.2, -0.15) is 5.10 Å². The third-order valence-corrected chi connectivity index (χ3v) is 5.05. The first-order valence-electron chi connectivity index (χ1n) is 9.74. The summed E-state index contributed by atoms with van der Waals surface area (Å²) in [6, 6.07) is 13.7. The fourth-order valence-electron chi connectivity index (χ4n) is 3.24. The number of carbonyl (C=O) groups excluding carboxylic acids is 2. The van der Waals surface area contributed by atoms with Crippen molar-refractivity contribution in [1.82, 2.24) is 14.7 Å². The minimum Gasteiger partial charge on any atom is -0.343 e. The Morgan fingerprint density at radius 1 is 1.03 bits per heavy atom. The maximum atomic E-state index is 12.9. The van der Waals surface area contributed by atoms with Crippen LogP contribution in [0, 0.1) is 0 Å². The highest BCUT2D eigenvalue weighted by atomic mass is 35.5. The fraction of sp³-hybridized carbons (Fsp3) is 0.273. The molecule has 1 aromatic heterocycles. The Morgan fingerprint density at radius 2 is 1.67 bits per heavy atom. The highest BCUT2D eigenvalue weighted by Crippen LogP contribution is 2.16. The van der Waals surface area contributed by atoms with Gasteiger partial charge in [0.15, 0.2) is 0 Å². The van der Waals surface area contributed by atoms with Crippen LogP contribution in [0.5, 0.6) is 0 Å². The maximum absolute atomic E-state index is 12.9. The lowest BCUT2D eigenvalue weighted by molar-refractivity contribution is -0.130. The number of hydrogen-bond donors (Lipinski definition) is 1. The first-order valence-corrected chi connectivity index (χ1v) is 10.1. The molecule has 0 aliphatic carbocycles. The Kier molecular flexibility index (Phi) is 6.84. The zero-order valence-corrected chi connectivity index (χ0v) is 17.6. The minimum atomic E-state index is -0.400. The van der Waals surface area contributed by atoms with Crippen LogP contribution in [0.25, 0.3) is 10.8 Å². The van der Waals surface area contributed by atoms with E-state index in [0.717, 1.165) is 4.68 Å². The van der Waals surface area contributed by atoms with E-state index in [4.69, 9.17) is 11.6 Å². The van der Waals surface area contributed by atoms with Gasteiger partial charge in [0.25, 0.3) is 5.56 Å². The molecule has 0 radical (unpaired) electrons. The van der Waals surface area contributed by atoms with Crippen molar-refractivity contribution in [3.63, 3.8) is 0 Å². The van der Waals surface area contributed by atoms with Gasteiger partial charge in [-0.3, -0.25) is 14.4 Å². The Morgan fingerprint density at radius 3 is 2.30 bits per heavy atom. The van der Waals surface area contributed by atoms with Crippen LogP contribution >= 0.6 is 11.6 Å². The summed E-state index contributed by atoms with van der Waals surface area (Å²) < 4.78 is 1.11. The molecule has 156 valence electrons. The summed E-state index contributed by atoms with van der Waals surface area (Å²) in [6.07, 6.45) is 0.0568. The monoisotopic (exact) mass is 426 g/mol. The van der Waals surface area contributed by atoms with Gasteiger partial charge in [-0.15, -0.1) is 0 Å². The van der Waals surface area contributed by atoms with E-state index in [1.807, 2.05) is 13.8 Å². The molecule has 0 aliphatic heterocycles. The molecule has 0 atom stereocenters. The lowest BCUT2D eigenvalue weighted by Crippen LogP contribution is -2.34. The van der Waals surface area contributed by atoms with Crippen LogP contribution < -0.4 is 10.9 Å². The van der Waals surface area contributed by atoms with Crippen molar-refractivity contribution >= 4 is 39.9 Å². The fourth-order valence-corrected chi connectivity index (χ4v) is 3.37. The number of anilines is 1. The van der Waals surface area contributed by atoms with E-state index in [1.54, 1.807) is 53.4 Å². The number of amides is 2. The topological polar surface area (TPSA) is 84.3 Å². The highest BCUT2D eigenvalue weighted by Gasteiger charge is 2.17. The van der Waals surface area contributed by atoms with Crippen molar-refractivity contribution < 1.29 is 9.59 Å². The van der Waals surface area contributed by atoms with E-state index in [-0.39, 0.29) is 24.4 Å². The van der Waals surface area contributed by atoms with Crippen LogP contribution in [-0.2, 0) is 22.6 Å². The Labute approximate surface area is 179 Å². The predicted octanol–water partition coefficient (Wildman–Crippen LogP) is 3.10. The number of carbonyl (C=O) groups is 2. The summed E-state index contributed by atoms with van der Waals surface area (Å²) in [7, 11) is 0. The molecule has 0 saturated heterocycles. The molecule has 1 N–H and O–H groups in total. The normalized spacial score (nSPS) is 10.8. The van der Waals surface area contributed by atoms with E-state index in [9.17, 15) is 14.4 Å². The van der Waals surface area contributed by atoms with Gasteiger partial charge in [0.2, 0.25) is 11.8 Å². The van der Waals surface area contributed by atoms with E-state index in [1.165, 1.54) is 0 Å². The second-order valence-corrected chi connectivity index (χ2v) is 7.19. The van der Waals surface area contributed by atoms with Gasteiger partial charge in [0.05, 0.1) is 17.5 Å². The van der Waals surface area contributed by atoms with Gasteiger partial charge in [-0.25, -0.2) is 4.68 Å². The van der Waals surface area contributed by atoms with Gasteiger partial charge in [-0.05, 0) is 44.2 Å². The molecule has 0 fully saturated rings. The number of rotatable bonds is 7. The molecule has 3 rings (SSSR count). The van der Waals surface area contributed by atoms with E-state index >= 15 is 0 Å². The van der Waals surface area contributed by atoms with Crippen LogP contribution in [0.15, 0.2) is 53.3 Å². The van der Waals surface area contributed by atoms with E-state index < -0.39 is 5.91 Å². The molecule has 0 unspecified atom stereocenters. The summed E-state index contributed by atoms with van der Waals surface area (Å²) in [5.74, 6) is -0.475. The van der Waals surface area contributed by atoms with E-state index in [2.05, 4.69) is 10.4 Å². The average molecular weight is 427 g/mol. The van der Waals surface area contributed by atoms with Crippen molar-refractivity contribution in [1.29, 1.82) is 0 Å². The smallest absolute Gasteiger partial charge is 0.275 e. The van der Waals surface area contributed by atoms with Crippen molar-refractivity contribution in [2.24, 2.45) is 0 Å². The van der Waals surface area contributed by atoms with Gasteiger partial charge < -0.3 is 10.2 Å². The number of fused-ring (bicyclic) bond motifs is 1. The Hall–Kier alpha value is -3.19. The first-order chi connectivity index (χ1) is 14.4. The lowest BCUT2D eigenvalue weighted by Gasteiger charge is -2.19. The van der Waals surface area contributed by atoms with Crippen LogP contribution in [0.1, 0.15) is 19.5 Å². The standard InChI is InChI=1S/C22H23ClN4O3/c1-3-26(4-2)21(29)13-19-17-7-5-6-8-18(17)22(30)27(25-19)14-20(28)24-16-11-9-15(23)10-12-16/h5-12H,3-4,13-14H2,1-2H3,(H,24,28). The third kappa shape index (κ3) is 4.86. The van der Waals surface area contributed by atoms with Crippen LogP contribution in [-0.4, -0.2) is 39.6 Å². The van der Waals surface area contributed by atoms with Gasteiger partial charge in [0, 0.05) is 29.2 Å². The number of hydrogen-bond acceptors (Lipinski definition) is 4. The minimum absolute atomic E-state index is 0.0568. The average Bonchev–Trinajstić information content (AvgIpc) is 2.74. The van der Waals surface area contributed by atoms with Gasteiger partial charge in [-0.1, -0.05) is 29.8 Å². The SMILES string of the molecule is CCN(CC)C(=O)Cc1nn(CC(=O)Nc2ccc(Cl)cc2)c(=O)c2ccccc12. The Bertz CT molecular complexity index is 1120. The molecule has 0 spiro atoms. The molecule has 0 saturated carbocycles. The van der Waals surface area contributed by atoms with Gasteiger partial charge in [0.1, 0.15) is 6.54 Å². The molecule has 3 aromatic rings. The summed E-state index contributed by atoms with van der Waals surface area (Å²) in [5, 5.41) is 8.68. The van der Waals surface area contributed by atoms with Crippen molar-refractivity contribution in [3.05, 3.63) is 69.6 Å². The summed E-state index contributed by atoms with van der Waals surface area (Å²) in [6.45, 7) is 4.75. The molecule has 30 heavy (non-hydrogen) atoms. The summed E-state index contributed by atoms with van der Waals surface area (Å²) >= 11 is 5.86. The summed E-state index contributed by atoms with van der Waals surface area (Å²) in [4.78, 5) is 39.6. The third-order valence-electron chi connectivity index (χ3n) is 4.80. The molecule has 2 aromatic carbocycles. The molecular weight excluding hydrogens is 404 g/mol. The lowest BCUT2D eigenvalue weighted by atomic mass is 10.1. The first kappa shape index (κ1) is 21.5. The zero-order chi connectivity index (χ0) is 21.7. The quantitative estimate of drug-likeness (QED) is 0.629. The second-order valence-electron chi connectivity index (χ2n) is 6.75.